The van der Waals surface area contributed by atoms with Gasteiger partial charge in [-0.2, -0.15) is 0 Å². The first kappa shape index (κ1) is 26.3. The number of halogens is 1. The fourth-order valence-corrected chi connectivity index (χ4v) is 5.21. The topological polar surface area (TPSA) is 99.2 Å². The Balaban J connectivity index is 1.61. The molecule has 0 radical (unpaired) electrons. The standard InChI is InChI=1S/C24H30BrN3O5S/c25-21-11-10-20(34-21)17-28(23(30)5-3-1-2-4-22(29)26-32)19-8-6-18(7-9-19)16-24(31)27-12-14-33-15-13-27/h6-11,32H,1-5,12-17H2,(H,26,29). The van der Waals surface area contributed by atoms with Crippen LogP contribution in [-0.2, 0) is 32.1 Å². The number of hydroxylamine groups is 1. The molecule has 1 aromatic carbocycles. The highest BCUT2D eigenvalue weighted by molar-refractivity contribution is 9.11. The second-order valence-electron chi connectivity index (χ2n) is 8.12. The smallest absolute Gasteiger partial charge is 0.243 e. The Morgan fingerprint density at radius 2 is 1.74 bits per heavy atom. The second-order valence-corrected chi connectivity index (χ2v) is 10.7. The molecule has 0 unspecified atom stereocenters. The summed E-state index contributed by atoms with van der Waals surface area (Å²) in [6, 6.07) is 11.6. The molecule has 0 spiro atoms. The summed E-state index contributed by atoms with van der Waals surface area (Å²) in [5, 5.41) is 8.57. The predicted molar refractivity (Wildman–Crippen MR) is 134 cm³/mol. The van der Waals surface area contributed by atoms with E-state index in [1.54, 1.807) is 21.7 Å². The van der Waals surface area contributed by atoms with Crippen molar-refractivity contribution in [3.8, 4) is 0 Å². The van der Waals surface area contributed by atoms with Crippen molar-refractivity contribution in [2.75, 3.05) is 31.2 Å². The van der Waals surface area contributed by atoms with Crippen molar-refractivity contribution in [1.82, 2.24) is 10.4 Å². The zero-order valence-electron chi connectivity index (χ0n) is 19.0. The van der Waals surface area contributed by atoms with Crippen molar-refractivity contribution in [2.24, 2.45) is 0 Å². The molecule has 0 aliphatic carbocycles. The zero-order chi connectivity index (χ0) is 24.3. The molecule has 0 saturated carbocycles. The highest BCUT2D eigenvalue weighted by atomic mass is 79.9. The molecule has 34 heavy (non-hydrogen) atoms. The van der Waals surface area contributed by atoms with Gasteiger partial charge in [-0.3, -0.25) is 19.6 Å². The monoisotopic (exact) mass is 551 g/mol. The molecular weight excluding hydrogens is 522 g/mol. The van der Waals surface area contributed by atoms with Crippen molar-refractivity contribution in [2.45, 2.75) is 45.1 Å². The molecule has 3 amide bonds. The number of nitrogens with one attached hydrogen (secondary N) is 1. The first-order valence-corrected chi connectivity index (χ1v) is 13.0. The number of thiophene rings is 1. The van der Waals surface area contributed by atoms with Crippen LogP contribution >= 0.6 is 27.3 Å². The average Bonchev–Trinajstić information content (AvgIpc) is 3.27. The molecule has 2 aromatic rings. The molecule has 0 atom stereocenters. The fraction of sp³-hybridized carbons (Fsp3) is 0.458. The Kier molecular flexibility index (Phi) is 10.5. The van der Waals surface area contributed by atoms with Crippen molar-refractivity contribution in [3.63, 3.8) is 0 Å². The van der Waals surface area contributed by atoms with Crippen LogP contribution in [0, 0.1) is 0 Å². The van der Waals surface area contributed by atoms with Crippen molar-refractivity contribution < 1.29 is 24.3 Å². The van der Waals surface area contributed by atoms with Crippen LogP contribution in [0.4, 0.5) is 5.69 Å². The quantitative estimate of drug-likeness (QED) is 0.250. The summed E-state index contributed by atoms with van der Waals surface area (Å²) in [5.74, 6) is -0.320. The Hall–Kier alpha value is -2.27. The molecular formula is C24H30BrN3O5S. The van der Waals surface area contributed by atoms with Gasteiger partial charge in [0, 0.05) is 36.5 Å². The Morgan fingerprint density at radius 1 is 1.03 bits per heavy atom. The van der Waals surface area contributed by atoms with Crippen LogP contribution in [-0.4, -0.2) is 54.1 Å². The Bertz CT molecular complexity index is 960. The summed E-state index contributed by atoms with van der Waals surface area (Å²) in [7, 11) is 0. The molecule has 10 heteroatoms. The van der Waals surface area contributed by atoms with Gasteiger partial charge in [-0.05, 0) is 58.6 Å². The molecule has 1 aliphatic rings. The maximum atomic E-state index is 13.1. The summed E-state index contributed by atoms with van der Waals surface area (Å²) in [4.78, 5) is 41.4. The first-order valence-electron chi connectivity index (χ1n) is 11.4. The number of amides is 3. The Morgan fingerprint density at radius 3 is 2.38 bits per heavy atom. The van der Waals surface area contributed by atoms with Gasteiger partial charge in [-0.1, -0.05) is 18.6 Å². The molecule has 1 fully saturated rings. The number of ether oxygens (including phenoxy) is 1. The highest BCUT2D eigenvalue weighted by Gasteiger charge is 2.19. The SMILES string of the molecule is O=C(CCCCCC(=O)N(Cc1ccc(Br)s1)c1ccc(CC(=O)N2CCOCC2)cc1)NO. The molecule has 1 aromatic heterocycles. The summed E-state index contributed by atoms with van der Waals surface area (Å²) >= 11 is 5.07. The Labute approximate surface area is 212 Å². The lowest BCUT2D eigenvalue weighted by Gasteiger charge is -2.27. The van der Waals surface area contributed by atoms with Gasteiger partial charge in [-0.25, -0.2) is 5.48 Å². The third-order valence-corrected chi connectivity index (χ3v) is 7.24. The van der Waals surface area contributed by atoms with E-state index in [1.165, 1.54) is 0 Å². The van der Waals surface area contributed by atoms with Gasteiger partial charge >= 0.3 is 0 Å². The van der Waals surface area contributed by atoms with Gasteiger partial charge in [0.2, 0.25) is 17.7 Å². The molecule has 1 aliphatic heterocycles. The van der Waals surface area contributed by atoms with E-state index in [2.05, 4.69) is 15.9 Å². The van der Waals surface area contributed by atoms with Gasteiger partial charge in [0.15, 0.2) is 0 Å². The number of benzene rings is 1. The van der Waals surface area contributed by atoms with E-state index in [-0.39, 0.29) is 18.2 Å². The van der Waals surface area contributed by atoms with E-state index in [4.69, 9.17) is 9.94 Å². The molecule has 2 heterocycles. The largest absolute Gasteiger partial charge is 0.378 e. The number of nitrogens with zero attached hydrogens (tertiary/aromatic N) is 2. The van der Waals surface area contributed by atoms with E-state index in [9.17, 15) is 14.4 Å². The zero-order valence-corrected chi connectivity index (χ0v) is 21.4. The molecule has 3 rings (SSSR count). The average molecular weight is 552 g/mol. The van der Waals surface area contributed by atoms with Gasteiger partial charge in [0.25, 0.3) is 0 Å². The second kappa shape index (κ2) is 13.6. The van der Waals surface area contributed by atoms with Crippen LogP contribution < -0.4 is 10.4 Å². The summed E-state index contributed by atoms with van der Waals surface area (Å²) in [6.07, 6.45) is 2.93. The molecule has 1 saturated heterocycles. The van der Waals surface area contributed by atoms with E-state index < -0.39 is 5.91 Å². The lowest BCUT2D eigenvalue weighted by Crippen LogP contribution is -2.41. The van der Waals surface area contributed by atoms with E-state index in [1.807, 2.05) is 41.3 Å². The van der Waals surface area contributed by atoms with Gasteiger partial charge < -0.3 is 14.5 Å². The maximum Gasteiger partial charge on any atom is 0.243 e. The van der Waals surface area contributed by atoms with Crippen LogP contribution in [0.3, 0.4) is 0 Å². The number of unbranched alkanes of at least 4 members (excludes halogenated alkanes) is 2. The predicted octanol–water partition coefficient (Wildman–Crippen LogP) is 3.90. The van der Waals surface area contributed by atoms with E-state index >= 15 is 0 Å². The molecule has 184 valence electrons. The summed E-state index contributed by atoms with van der Waals surface area (Å²) < 4.78 is 6.32. The number of carbonyl (C=O) groups is 3. The van der Waals surface area contributed by atoms with Gasteiger partial charge in [0.05, 0.1) is 30.0 Å². The summed E-state index contributed by atoms with van der Waals surface area (Å²) in [5.41, 5.74) is 3.32. The van der Waals surface area contributed by atoms with Crippen molar-refractivity contribution in [1.29, 1.82) is 0 Å². The van der Waals surface area contributed by atoms with Crippen LogP contribution in [0.2, 0.25) is 0 Å². The number of rotatable bonds is 11. The normalized spacial score (nSPS) is 13.5. The van der Waals surface area contributed by atoms with Crippen molar-refractivity contribution >= 4 is 50.7 Å². The number of anilines is 1. The third kappa shape index (κ3) is 8.19. The van der Waals surface area contributed by atoms with Crippen LogP contribution in [0.15, 0.2) is 40.2 Å². The maximum absolute atomic E-state index is 13.1. The van der Waals surface area contributed by atoms with E-state index in [0.29, 0.717) is 58.5 Å². The third-order valence-electron chi connectivity index (χ3n) is 5.63. The minimum Gasteiger partial charge on any atom is -0.378 e. The molecule has 0 bridgehead atoms. The highest BCUT2D eigenvalue weighted by Crippen LogP contribution is 2.27. The minimum absolute atomic E-state index is 0.00766. The molecule has 8 nitrogen and oxygen atoms in total. The number of hydrogen-bond acceptors (Lipinski definition) is 6. The van der Waals surface area contributed by atoms with Crippen LogP contribution in [0.25, 0.3) is 0 Å². The number of hydrogen-bond donors (Lipinski definition) is 2. The lowest BCUT2D eigenvalue weighted by atomic mass is 10.1. The fourth-order valence-electron chi connectivity index (χ4n) is 3.74. The number of carbonyl (C=O) groups excluding carboxylic acids is 3. The number of morpholine rings is 1. The van der Waals surface area contributed by atoms with Crippen LogP contribution in [0.5, 0.6) is 0 Å². The van der Waals surface area contributed by atoms with Gasteiger partial charge in [0.1, 0.15) is 0 Å². The van der Waals surface area contributed by atoms with Gasteiger partial charge in [-0.15, -0.1) is 11.3 Å². The summed E-state index contributed by atoms with van der Waals surface area (Å²) in [6.45, 7) is 2.87. The first-order chi connectivity index (χ1) is 16.5. The minimum atomic E-state index is -0.414. The van der Waals surface area contributed by atoms with Crippen LogP contribution in [0.1, 0.15) is 42.5 Å². The van der Waals surface area contributed by atoms with E-state index in [0.717, 1.165) is 26.3 Å². The molecule has 2 N–H and O–H groups in total. The lowest BCUT2D eigenvalue weighted by molar-refractivity contribution is -0.134. The van der Waals surface area contributed by atoms with Crippen molar-refractivity contribution in [3.05, 3.63) is 50.6 Å².